The Morgan fingerprint density at radius 3 is 2.50 bits per heavy atom. The largest absolute Gasteiger partial charge is 0.462 e. The highest BCUT2D eigenvalue weighted by atomic mass is 16.7. The number of ether oxygens (including phenoxy) is 5. The summed E-state index contributed by atoms with van der Waals surface area (Å²) in [6, 6.07) is 8.88. The lowest BCUT2D eigenvalue weighted by atomic mass is 9.70. The van der Waals surface area contributed by atoms with Crippen molar-refractivity contribution in [3.05, 3.63) is 83.0 Å². The van der Waals surface area contributed by atoms with Crippen LogP contribution in [-0.4, -0.2) is 94.4 Å². The Bertz CT molecular complexity index is 1650. The minimum absolute atomic E-state index is 0.00283. The fourth-order valence-electron chi connectivity index (χ4n) is 8.12. The van der Waals surface area contributed by atoms with Crippen molar-refractivity contribution in [2.45, 2.75) is 121 Å². The Kier molecular flexibility index (Phi) is 11.3. The van der Waals surface area contributed by atoms with Crippen LogP contribution in [0.15, 0.2) is 82.6 Å². The number of aliphatic hydroxyl groups excluding tert-OH is 2. The van der Waals surface area contributed by atoms with Gasteiger partial charge in [0.15, 0.2) is 17.8 Å². The van der Waals surface area contributed by atoms with Crippen LogP contribution in [0.2, 0.25) is 0 Å². The van der Waals surface area contributed by atoms with E-state index in [1.807, 2.05) is 32.9 Å². The molecule has 4 heterocycles. The molecule has 3 saturated heterocycles. The van der Waals surface area contributed by atoms with Gasteiger partial charge in [0, 0.05) is 36.3 Å². The lowest BCUT2D eigenvalue weighted by Crippen LogP contribution is -2.58. The summed E-state index contributed by atoms with van der Waals surface area (Å²) >= 11 is 0. The van der Waals surface area contributed by atoms with Gasteiger partial charge >= 0.3 is 11.9 Å². The van der Waals surface area contributed by atoms with Gasteiger partial charge in [-0.2, -0.15) is 0 Å². The van der Waals surface area contributed by atoms with Crippen molar-refractivity contribution in [2.24, 2.45) is 22.9 Å². The predicted octanol–water partition coefficient (Wildman–Crippen LogP) is 4.43. The number of rotatable bonds is 4. The lowest BCUT2D eigenvalue weighted by Gasteiger charge is -2.49. The monoisotopic (exact) mass is 721 g/mol. The molecule has 3 N–H and O–H groups in total. The van der Waals surface area contributed by atoms with E-state index in [-0.39, 0.29) is 17.4 Å². The second kappa shape index (κ2) is 15.4. The van der Waals surface area contributed by atoms with Crippen molar-refractivity contribution in [3.63, 3.8) is 0 Å². The molecule has 1 aromatic carbocycles. The van der Waals surface area contributed by atoms with E-state index in [4.69, 9.17) is 28.5 Å². The number of carbonyl (C=O) groups excluding carboxylic acids is 2. The third-order valence-electron chi connectivity index (χ3n) is 11.2. The minimum atomic E-state index is -2.11. The molecular weight excluding hydrogens is 670 g/mol. The second-order valence-corrected chi connectivity index (χ2v) is 14.9. The third kappa shape index (κ3) is 7.42. The highest BCUT2D eigenvalue weighted by molar-refractivity contribution is 6.43. The van der Waals surface area contributed by atoms with E-state index < -0.39 is 72.0 Å². The van der Waals surface area contributed by atoms with E-state index in [0.717, 1.165) is 12.0 Å². The maximum absolute atomic E-state index is 14.1. The zero-order valence-corrected chi connectivity index (χ0v) is 30.6. The number of carbonyl (C=O) groups is 2. The summed E-state index contributed by atoms with van der Waals surface area (Å²) in [5, 5.41) is 38.4. The Labute approximate surface area is 304 Å². The van der Waals surface area contributed by atoms with Gasteiger partial charge in [-0.25, -0.2) is 4.79 Å². The smallest absolute Gasteiger partial charge is 0.361 e. The Morgan fingerprint density at radius 2 is 1.79 bits per heavy atom. The lowest BCUT2D eigenvalue weighted by molar-refractivity contribution is -0.332. The van der Waals surface area contributed by atoms with Crippen LogP contribution in [0.25, 0.3) is 0 Å². The number of aliphatic hydroxyl groups is 3. The van der Waals surface area contributed by atoms with Gasteiger partial charge in [0.05, 0.1) is 12.2 Å². The standard InChI is InChI=1S/C40H51NO11/c1-22-17-18-39(51-26(22)5)21-29-20-28(52-39)16-15-24(3)34(49-38(45)32(41-47-6)27-12-8-7-9-13-27)23(2)11-10-14-30-36(43)50-35-33(42)25(4)19-31(37(44)48-29)40(30,35)46/h7-15,19,22-23,26,28-29,31,33-36,42-43,46H,16-18,20-21H2,1-6H3/b11-10+,24-15+,30-14+,41-32+/t22-,23-,26?,28?,29?,31?,33+,34?,35?,36?,39?,40+/m0/s1. The summed E-state index contributed by atoms with van der Waals surface area (Å²) in [7, 11) is 1.36. The van der Waals surface area contributed by atoms with Gasteiger partial charge in [0.2, 0.25) is 0 Å². The van der Waals surface area contributed by atoms with Crippen LogP contribution < -0.4 is 0 Å². The van der Waals surface area contributed by atoms with Gasteiger partial charge in [0.25, 0.3) is 0 Å². The average Bonchev–Trinajstić information content (AvgIpc) is 3.37. The molecular formula is C40H51NO11. The molecule has 12 heteroatoms. The molecule has 52 heavy (non-hydrogen) atoms. The molecule has 3 fully saturated rings. The molecule has 8 unspecified atom stereocenters. The highest BCUT2D eigenvalue weighted by Gasteiger charge is 2.63. The Hall–Kier alpha value is -3.65. The third-order valence-corrected chi connectivity index (χ3v) is 11.2. The van der Waals surface area contributed by atoms with Crippen molar-refractivity contribution in [2.75, 3.05) is 7.11 Å². The van der Waals surface area contributed by atoms with Gasteiger partial charge in [0.1, 0.15) is 43.0 Å². The fourth-order valence-corrected chi connectivity index (χ4v) is 8.12. The van der Waals surface area contributed by atoms with E-state index in [0.29, 0.717) is 42.7 Å². The normalized spacial score (nSPS) is 42.4. The fraction of sp³-hybridized carbons (Fsp3) is 0.575. The first-order valence-electron chi connectivity index (χ1n) is 18.2. The van der Waals surface area contributed by atoms with E-state index >= 15 is 0 Å². The van der Waals surface area contributed by atoms with Gasteiger partial charge in [-0.1, -0.05) is 79.7 Å². The minimum Gasteiger partial charge on any atom is -0.462 e. The van der Waals surface area contributed by atoms with E-state index in [9.17, 15) is 24.9 Å². The number of allylic oxidation sites excluding steroid dienone is 2. The van der Waals surface area contributed by atoms with Crippen molar-refractivity contribution >= 4 is 17.7 Å². The maximum atomic E-state index is 14.1. The van der Waals surface area contributed by atoms with E-state index in [2.05, 4.69) is 12.1 Å². The topological polar surface area (TPSA) is 163 Å². The van der Waals surface area contributed by atoms with E-state index in [1.165, 1.54) is 19.3 Å². The van der Waals surface area contributed by atoms with E-state index in [1.54, 1.807) is 43.3 Å². The van der Waals surface area contributed by atoms with Crippen molar-refractivity contribution < 1.29 is 53.4 Å². The van der Waals surface area contributed by atoms with Crippen LogP contribution in [0.4, 0.5) is 0 Å². The number of oxime groups is 1. The van der Waals surface area contributed by atoms with Crippen LogP contribution in [0.1, 0.15) is 72.3 Å². The van der Waals surface area contributed by atoms with Crippen molar-refractivity contribution in [1.82, 2.24) is 0 Å². The van der Waals surface area contributed by atoms with Crippen LogP contribution in [0, 0.1) is 17.8 Å². The first-order valence-corrected chi connectivity index (χ1v) is 18.2. The number of esters is 2. The summed E-state index contributed by atoms with van der Waals surface area (Å²) in [4.78, 5) is 32.8. The molecule has 0 saturated carbocycles. The summed E-state index contributed by atoms with van der Waals surface area (Å²) < 4.78 is 31.3. The molecule has 1 aliphatic carbocycles. The van der Waals surface area contributed by atoms with Gasteiger partial charge < -0.3 is 43.8 Å². The molecule has 5 aliphatic rings. The van der Waals surface area contributed by atoms with Crippen molar-refractivity contribution in [1.29, 1.82) is 0 Å². The molecule has 0 amide bonds. The second-order valence-electron chi connectivity index (χ2n) is 14.9. The first kappa shape index (κ1) is 38.1. The Morgan fingerprint density at radius 1 is 1.04 bits per heavy atom. The van der Waals surface area contributed by atoms with Gasteiger partial charge in [-0.3, -0.25) is 4.79 Å². The molecule has 6 rings (SSSR count). The number of fused-ring (bicyclic) bond motifs is 2. The molecule has 0 aromatic heterocycles. The molecule has 282 valence electrons. The molecule has 0 radical (unpaired) electrons. The summed E-state index contributed by atoms with van der Waals surface area (Å²) in [5.41, 5.74) is -0.418. The summed E-state index contributed by atoms with van der Waals surface area (Å²) in [6.07, 6.45) is 4.78. The maximum Gasteiger partial charge on any atom is 0.361 e. The SMILES string of the molecule is CO/N=C(/C(=O)OC1/C(C)=C/CC2CC(CC3(CC[C@H](C)C(C)O3)O2)OC(=O)C2C=C(C)[C@@H](O)C3OC(O)/C(=C\C=C\[C@@H]1C)[C@@]23O)c1ccccc1. The average molecular weight is 722 g/mol. The predicted molar refractivity (Wildman–Crippen MR) is 189 cm³/mol. The molecule has 12 atom stereocenters. The first-order chi connectivity index (χ1) is 24.8. The van der Waals surface area contributed by atoms with Gasteiger partial charge in [-0.15, -0.1) is 0 Å². The number of benzene rings is 1. The van der Waals surface area contributed by atoms with Crippen LogP contribution in [-0.2, 0) is 38.1 Å². The summed E-state index contributed by atoms with van der Waals surface area (Å²) in [6.45, 7) is 9.54. The number of hydrogen-bond donors (Lipinski definition) is 3. The van der Waals surface area contributed by atoms with Crippen molar-refractivity contribution in [3.8, 4) is 0 Å². The van der Waals surface area contributed by atoms with Crippen LogP contribution >= 0.6 is 0 Å². The molecule has 1 aromatic rings. The molecule has 4 aliphatic heterocycles. The molecule has 2 bridgehead atoms. The molecule has 12 nitrogen and oxygen atoms in total. The zero-order valence-electron chi connectivity index (χ0n) is 30.6. The highest BCUT2D eigenvalue weighted by Crippen LogP contribution is 2.48. The molecule has 1 spiro atoms. The van der Waals surface area contributed by atoms with Crippen LogP contribution in [0.5, 0.6) is 0 Å². The van der Waals surface area contributed by atoms with Crippen LogP contribution in [0.3, 0.4) is 0 Å². The Balaban J connectivity index is 1.41. The number of nitrogens with zero attached hydrogens (tertiary/aromatic N) is 1. The zero-order chi connectivity index (χ0) is 37.4. The van der Waals surface area contributed by atoms with Gasteiger partial charge in [-0.05, 0) is 50.7 Å². The summed E-state index contributed by atoms with van der Waals surface area (Å²) in [5.74, 6) is -3.75. The quantitative estimate of drug-likeness (QED) is 0.175. The number of hydrogen-bond acceptors (Lipinski definition) is 12.